The number of aliphatic hydroxyl groups is 8. The van der Waals surface area contributed by atoms with Gasteiger partial charge in [0.25, 0.3) is 0 Å². The Labute approximate surface area is 238 Å². The maximum absolute atomic E-state index is 12.4. The summed E-state index contributed by atoms with van der Waals surface area (Å²) in [6, 6.07) is 0. The van der Waals surface area contributed by atoms with E-state index in [1.165, 1.54) is 13.0 Å². The third-order valence-corrected chi connectivity index (χ3v) is 12.2. The summed E-state index contributed by atoms with van der Waals surface area (Å²) in [5.41, 5.74) is -4.46. The summed E-state index contributed by atoms with van der Waals surface area (Å²) in [5, 5.41) is 89.6. The third-order valence-electron chi connectivity index (χ3n) is 12.2. The van der Waals surface area contributed by atoms with Crippen LogP contribution in [-0.2, 0) is 19.0 Å². The number of hydrogen-bond donors (Lipinski definition) is 8. The fraction of sp³-hybridized carbons (Fsp3) is 0.897. The highest BCUT2D eigenvalue weighted by atomic mass is 16.7. The Balaban J connectivity index is 1.28. The van der Waals surface area contributed by atoms with Crippen molar-refractivity contribution in [2.75, 3.05) is 13.2 Å². The predicted molar refractivity (Wildman–Crippen MR) is 139 cm³/mol. The lowest BCUT2D eigenvalue weighted by molar-refractivity contribution is -0.342. The van der Waals surface area contributed by atoms with Crippen LogP contribution in [0.15, 0.2) is 11.6 Å². The van der Waals surface area contributed by atoms with Gasteiger partial charge in [-0.3, -0.25) is 0 Å². The van der Waals surface area contributed by atoms with E-state index in [4.69, 9.17) is 14.2 Å². The van der Waals surface area contributed by atoms with Crippen LogP contribution in [0.1, 0.15) is 58.8 Å². The molecular formula is C29H44O12. The number of hydrogen-bond acceptors (Lipinski definition) is 12. The minimum Gasteiger partial charge on any atom is -0.458 e. The van der Waals surface area contributed by atoms with Crippen LogP contribution in [-0.4, -0.2) is 120 Å². The molecule has 0 bridgehead atoms. The summed E-state index contributed by atoms with van der Waals surface area (Å²) in [5.74, 6) is -1.93. The van der Waals surface area contributed by atoms with Gasteiger partial charge in [0.05, 0.1) is 47.6 Å². The average molecular weight is 585 g/mol. The molecule has 6 aliphatic rings. The van der Waals surface area contributed by atoms with Crippen LogP contribution >= 0.6 is 0 Å². The normalized spacial score (nSPS) is 56.9. The summed E-state index contributed by atoms with van der Waals surface area (Å²) in [4.78, 5) is 11.8. The van der Waals surface area contributed by atoms with Crippen LogP contribution in [0.4, 0.5) is 0 Å². The number of fused-ring (bicyclic) bond motifs is 5. The minimum absolute atomic E-state index is 0.0369. The molecule has 6 rings (SSSR count). The fourth-order valence-corrected chi connectivity index (χ4v) is 10.1. The number of ether oxygens (including phenoxy) is 3. The molecule has 0 amide bonds. The SMILES string of the molecule is CC1OC(O[C@H]2C[C@@H](O)[C@]3(CO)[C@H]4[C@H](O)C[C@]5(C)[C@@H](C6=CC(=O)OC6)CC[C@]5(O)[C@@H]4CC[C@]3(O)C2)[C@@H](O)C(O)[C@H]1O. The molecule has 1 saturated heterocycles. The fourth-order valence-electron chi connectivity index (χ4n) is 10.1. The maximum atomic E-state index is 12.4. The molecule has 0 aromatic rings. The van der Waals surface area contributed by atoms with Gasteiger partial charge in [-0.2, -0.15) is 0 Å². The highest BCUT2D eigenvalue weighted by molar-refractivity contribution is 5.85. The first kappa shape index (κ1) is 29.9. The Bertz CT molecular complexity index is 1080. The van der Waals surface area contributed by atoms with Crippen LogP contribution in [0, 0.1) is 28.6 Å². The van der Waals surface area contributed by atoms with Gasteiger partial charge in [0, 0.05) is 30.3 Å². The first-order valence-electron chi connectivity index (χ1n) is 14.9. The highest BCUT2D eigenvalue weighted by Crippen LogP contribution is 2.70. The van der Waals surface area contributed by atoms with E-state index < -0.39 is 95.5 Å². The molecule has 2 aliphatic heterocycles. The zero-order chi connectivity index (χ0) is 29.7. The third kappa shape index (κ3) is 3.99. The maximum Gasteiger partial charge on any atom is 0.331 e. The molecule has 12 nitrogen and oxygen atoms in total. The van der Waals surface area contributed by atoms with Crippen LogP contribution in [0.3, 0.4) is 0 Å². The van der Waals surface area contributed by atoms with E-state index in [9.17, 15) is 45.6 Å². The highest BCUT2D eigenvalue weighted by Gasteiger charge is 2.75. The zero-order valence-corrected chi connectivity index (χ0v) is 23.5. The number of aliphatic hydroxyl groups excluding tert-OH is 6. The predicted octanol–water partition coefficient (Wildman–Crippen LogP) is -1.51. The van der Waals surface area contributed by atoms with Gasteiger partial charge < -0.3 is 55.1 Å². The molecule has 8 N–H and O–H groups in total. The van der Waals surface area contributed by atoms with E-state index in [1.54, 1.807) is 0 Å². The Morgan fingerprint density at radius 1 is 1.02 bits per heavy atom. The molecule has 0 aromatic carbocycles. The lowest BCUT2D eigenvalue weighted by Gasteiger charge is -2.68. The summed E-state index contributed by atoms with van der Waals surface area (Å²) in [7, 11) is 0. The van der Waals surface area contributed by atoms with E-state index in [0.717, 1.165) is 5.57 Å². The van der Waals surface area contributed by atoms with Crippen molar-refractivity contribution in [3.63, 3.8) is 0 Å². The Morgan fingerprint density at radius 2 is 1.76 bits per heavy atom. The largest absolute Gasteiger partial charge is 0.458 e. The molecular weight excluding hydrogens is 540 g/mol. The second-order valence-corrected chi connectivity index (χ2v) is 13.8. The Hall–Kier alpha value is -1.19. The first-order chi connectivity index (χ1) is 19.2. The van der Waals surface area contributed by atoms with Crippen molar-refractivity contribution in [3.05, 3.63) is 11.6 Å². The number of cyclic esters (lactones) is 1. The van der Waals surface area contributed by atoms with Crippen LogP contribution in [0.25, 0.3) is 0 Å². The lowest BCUT2D eigenvalue weighted by atomic mass is 9.40. The van der Waals surface area contributed by atoms with Crippen molar-refractivity contribution >= 4 is 5.97 Å². The van der Waals surface area contributed by atoms with Gasteiger partial charge in [-0.25, -0.2) is 4.79 Å². The topological polar surface area (TPSA) is 207 Å². The Morgan fingerprint density at radius 3 is 2.41 bits per heavy atom. The van der Waals surface area contributed by atoms with Crippen molar-refractivity contribution in [1.82, 2.24) is 0 Å². The molecule has 232 valence electrons. The molecule has 41 heavy (non-hydrogen) atoms. The van der Waals surface area contributed by atoms with Crippen LogP contribution < -0.4 is 0 Å². The molecule has 0 radical (unpaired) electrons. The number of carbonyl (C=O) groups is 1. The second-order valence-electron chi connectivity index (χ2n) is 13.8. The van der Waals surface area contributed by atoms with Crippen molar-refractivity contribution < 1.29 is 59.9 Å². The molecule has 15 atom stereocenters. The smallest absolute Gasteiger partial charge is 0.331 e. The summed E-state index contributed by atoms with van der Waals surface area (Å²) >= 11 is 0. The van der Waals surface area contributed by atoms with E-state index in [2.05, 4.69) is 0 Å². The number of rotatable bonds is 4. The number of esters is 1. The minimum atomic E-state index is -1.67. The molecule has 0 spiro atoms. The van der Waals surface area contributed by atoms with Crippen LogP contribution in [0.2, 0.25) is 0 Å². The van der Waals surface area contributed by atoms with Crippen molar-refractivity contribution in [1.29, 1.82) is 0 Å². The standard InChI is InChI=1S/C29H44O12/c1-13-22(34)23(35)24(36)25(40-13)41-15-8-19(32)28(12-30)21-17(3-5-27(28,37)9-15)29(38)6-4-16(14-7-20(33)39-11-14)26(29,2)10-18(21)31/h7,13,15-19,21-25,30-32,34-38H,3-6,8-12H2,1-2H3/t13?,15-,16+,17+,18+,19+,21+,22-,23?,24-,25?,26+,27-,28+,29-/m0/s1. The van der Waals surface area contributed by atoms with Gasteiger partial charge in [-0.05, 0) is 56.4 Å². The molecule has 3 unspecified atom stereocenters. The molecule has 0 aromatic heterocycles. The summed E-state index contributed by atoms with van der Waals surface area (Å²) in [6.07, 6.45) is -6.68. The second kappa shape index (κ2) is 9.91. The van der Waals surface area contributed by atoms with Crippen LogP contribution in [0.5, 0.6) is 0 Å². The Kier molecular flexibility index (Phi) is 7.22. The van der Waals surface area contributed by atoms with Crippen molar-refractivity contribution in [3.8, 4) is 0 Å². The summed E-state index contributed by atoms with van der Waals surface area (Å²) < 4.78 is 16.7. The van der Waals surface area contributed by atoms with Gasteiger partial charge in [0.1, 0.15) is 24.9 Å². The van der Waals surface area contributed by atoms with E-state index in [0.29, 0.717) is 19.3 Å². The van der Waals surface area contributed by atoms with Gasteiger partial charge in [0.2, 0.25) is 0 Å². The molecule has 12 heteroatoms. The first-order valence-corrected chi connectivity index (χ1v) is 14.9. The van der Waals surface area contributed by atoms with E-state index in [-0.39, 0.29) is 38.2 Å². The van der Waals surface area contributed by atoms with Gasteiger partial charge in [-0.15, -0.1) is 0 Å². The van der Waals surface area contributed by atoms with Gasteiger partial charge >= 0.3 is 5.97 Å². The lowest BCUT2D eigenvalue weighted by Crippen LogP contribution is -2.76. The van der Waals surface area contributed by atoms with E-state index in [1.807, 2.05) is 6.92 Å². The molecule has 2 heterocycles. The van der Waals surface area contributed by atoms with Crippen molar-refractivity contribution in [2.24, 2.45) is 28.6 Å². The van der Waals surface area contributed by atoms with Gasteiger partial charge in [0.15, 0.2) is 6.29 Å². The molecule has 5 fully saturated rings. The average Bonchev–Trinajstić information content (AvgIpc) is 3.45. The van der Waals surface area contributed by atoms with Gasteiger partial charge in [-0.1, -0.05) is 6.92 Å². The molecule has 4 aliphatic carbocycles. The van der Waals surface area contributed by atoms with E-state index >= 15 is 0 Å². The quantitative estimate of drug-likeness (QED) is 0.140. The zero-order valence-electron chi connectivity index (χ0n) is 23.5. The number of carbonyl (C=O) groups excluding carboxylic acids is 1. The summed E-state index contributed by atoms with van der Waals surface area (Å²) in [6.45, 7) is 3.00. The van der Waals surface area contributed by atoms with Crippen molar-refractivity contribution in [2.45, 2.75) is 119 Å². The molecule has 4 saturated carbocycles. The monoisotopic (exact) mass is 584 g/mol.